The third-order valence-corrected chi connectivity index (χ3v) is 5.15. The number of fused-ring (bicyclic) bond motifs is 1. The third kappa shape index (κ3) is 3.70. The monoisotopic (exact) mass is 442 g/mol. The Bertz CT molecular complexity index is 1050. The largest absolute Gasteiger partial charge is 0.368 e. The Morgan fingerprint density at radius 3 is 2.86 bits per heavy atom. The van der Waals surface area contributed by atoms with Gasteiger partial charge in [-0.25, -0.2) is 4.68 Å². The molecule has 0 saturated heterocycles. The zero-order valence-electron chi connectivity index (χ0n) is 15.1. The zero-order chi connectivity index (χ0) is 19.7. The van der Waals surface area contributed by atoms with Gasteiger partial charge in [0.1, 0.15) is 6.54 Å². The third-order valence-electron chi connectivity index (χ3n) is 4.66. The summed E-state index contributed by atoms with van der Waals surface area (Å²) in [6.45, 7) is -0.0389. The Morgan fingerprint density at radius 1 is 1.25 bits per heavy atom. The van der Waals surface area contributed by atoms with Crippen molar-refractivity contribution in [1.82, 2.24) is 19.6 Å². The maximum absolute atomic E-state index is 12.9. The molecular weight excluding hydrogens is 424 g/mol. The zero-order valence-corrected chi connectivity index (χ0v) is 16.6. The first-order valence-electron chi connectivity index (χ1n) is 9.00. The number of amides is 2. The molecule has 8 nitrogen and oxygen atoms in total. The van der Waals surface area contributed by atoms with Gasteiger partial charge in [0.2, 0.25) is 5.91 Å². The van der Waals surface area contributed by atoms with Crippen molar-refractivity contribution in [1.29, 1.82) is 0 Å². The fraction of sp³-hybridized carbons (Fsp3) is 0.263. The minimum Gasteiger partial charge on any atom is -0.368 e. The minimum atomic E-state index is -0.497. The highest BCUT2D eigenvalue weighted by molar-refractivity contribution is 9.10. The van der Waals surface area contributed by atoms with Crippen LogP contribution in [0.3, 0.4) is 0 Å². The summed E-state index contributed by atoms with van der Waals surface area (Å²) in [5.74, 6) is -0.784. The van der Waals surface area contributed by atoms with Crippen LogP contribution in [0, 0.1) is 0 Å². The lowest BCUT2D eigenvalue weighted by molar-refractivity contribution is -0.118. The molecule has 1 aliphatic rings. The van der Waals surface area contributed by atoms with E-state index in [0.717, 1.165) is 47.1 Å². The molecule has 0 unspecified atom stereocenters. The number of benzene rings is 1. The van der Waals surface area contributed by atoms with E-state index in [2.05, 4.69) is 31.4 Å². The number of primary amides is 1. The predicted molar refractivity (Wildman–Crippen MR) is 107 cm³/mol. The Kier molecular flexibility index (Phi) is 4.99. The van der Waals surface area contributed by atoms with Crippen LogP contribution in [0.15, 0.2) is 41.1 Å². The second-order valence-electron chi connectivity index (χ2n) is 6.72. The first-order chi connectivity index (χ1) is 13.5. The number of carbonyl (C=O) groups is 2. The van der Waals surface area contributed by atoms with Crippen LogP contribution in [-0.4, -0.2) is 31.4 Å². The Hall–Kier alpha value is -2.94. The van der Waals surface area contributed by atoms with Crippen molar-refractivity contribution in [2.24, 2.45) is 5.73 Å². The van der Waals surface area contributed by atoms with Crippen LogP contribution in [0.4, 0.5) is 5.69 Å². The van der Waals surface area contributed by atoms with Crippen molar-refractivity contribution in [2.45, 2.75) is 32.2 Å². The Balaban J connectivity index is 1.65. The van der Waals surface area contributed by atoms with Gasteiger partial charge in [0.15, 0.2) is 5.69 Å². The molecule has 0 aliphatic heterocycles. The van der Waals surface area contributed by atoms with E-state index in [9.17, 15) is 9.59 Å². The molecule has 3 N–H and O–H groups in total. The molecule has 144 valence electrons. The maximum atomic E-state index is 12.9. The number of nitrogens with two attached hydrogens (primary N) is 1. The van der Waals surface area contributed by atoms with E-state index in [1.807, 2.05) is 28.9 Å². The van der Waals surface area contributed by atoms with Crippen molar-refractivity contribution in [2.75, 3.05) is 5.32 Å². The van der Waals surface area contributed by atoms with E-state index in [-0.39, 0.29) is 12.5 Å². The summed E-state index contributed by atoms with van der Waals surface area (Å²) in [7, 11) is 0. The molecule has 0 radical (unpaired) electrons. The molecule has 0 bridgehead atoms. The van der Waals surface area contributed by atoms with Crippen molar-refractivity contribution >= 4 is 33.4 Å². The number of nitrogens with zero attached hydrogens (tertiary/aromatic N) is 4. The summed E-state index contributed by atoms with van der Waals surface area (Å²) in [6, 6.07) is 7.86. The van der Waals surface area contributed by atoms with Gasteiger partial charge in [-0.05, 0) is 43.9 Å². The van der Waals surface area contributed by atoms with Crippen LogP contribution in [0.25, 0.3) is 5.69 Å². The maximum Gasteiger partial charge on any atom is 0.276 e. The fourth-order valence-corrected chi connectivity index (χ4v) is 3.85. The van der Waals surface area contributed by atoms with E-state index >= 15 is 0 Å². The molecule has 0 fully saturated rings. The molecule has 3 aromatic rings. The number of carbonyl (C=O) groups excluding carboxylic acids is 2. The predicted octanol–water partition coefficient (Wildman–Crippen LogP) is 2.45. The molecule has 1 aliphatic carbocycles. The SMILES string of the molecule is NC(=O)Cn1cc(NC(=O)c2nn(-c3cccc(Br)c3)c3c2CCCC3)cn1. The van der Waals surface area contributed by atoms with Gasteiger partial charge in [-0.1, -0.05) is 22.0 Å². The van der Waals surface area contributed by atoms with Crippen LogP contribution in [-0.2, 0) is 24.2 Å². The first kappa shape index (κ1) is 18.4. The number of hydrogen-bond donors (Lipinski definition) is 2. The number of halogens is 1. The summed E-state index contributed by atoms with van der Waals surface area (Å²) in [4.78, 5) is 23.9. The summed E-state index contributed by atoms with van der Waals surface area (Å²) in [5, 5.41) is 11.5. The van der Waals surface area contributed by atoms with Crippen LogP contribution in [0.2, 0.25) is 0 Å². The molecular formula is C19H19BrN6O2. The van der Waals surface area contributed by atoms with Gasteiger partial charge in [0, 0.05) is 21.9 Å². The molecule has 9 heteroatoms. The van der Waals surface area contributed by atoms with Crippen molar-refractivity contribution in [3.05, 3.63) is 58.1 Å². The smallest absolute Gasteiger partial charge is 0.276 e. The van der Waals surface area contributed by atoms with E-state index in [0.29, 0.717) is 11.4 Å². The van der Waals surface area contributed by atoms with Crippen LogP contribution < -0.4 is 11.1 Å². The first-order valence-corrected chi connectivity index (χ1v) is 9.79. The summed E-state index contributed by atoms with van der Waals surface area (Å²) in [6.07, 6.45) is 6.88. The number of nitrogens with one attached hydrogen (secondary N) is 1. The fourth-order valence-electron chi connectivity index (χ4n) is 3.47. The lowest BCUT2D eigenvalue weighted by Gasteiger charge is -2.14. The van der Waals surface area contributed by atoms with Crippen LogP contribution in [0.5, 0.6) is 0 Å². The number of rotatable bonds is 5. The molecule has 28 heavy (non-hydrogen) atoms. The molecule has 0 spiro atoms. The quantitative estimate of drug-likeness (QED) is 0.632. The Labute approximate surface area is 169 Å². The van der Waals surface area contributed by atoms with Gasteiger partial charge in [0.05, 0.1) is 17.6 Å². The lowest BCUT2D eigenvalue weighted by Crippen LogP contribution is -2.19. The normalized spacial score (nSPS) is 13.2. The van der Waals surface area contributed by atoms with E-state index in [1.165, 1.54) is 10.9 Å². The number of hydrogen-bond acceptors (Lipinski definition) is 4. The van der Waals surface area contributed by atoms with Gasteiger partial charge in [-0.3, -0.25) is 14.3 Å². The second kappa shape index (κ2) is 7.59. The molecule has 2 aromatic heterocycles. The van der Waals surface area contributed by atoms with Gasteiger partial charge in [-0.15, -0.1) is 0 Å². The number of anilines is 1. The summed E-state index contributed by atoms with van der Waals surface area (Å²) in [5.41, 5.74) is 9.08. The van der Waals surface area contributed by atoms with Crippen LogP contribution >= 0.6 is 15.9 Å². The van der Waals surface area contributed by atoms with E-state index in [1.54, 1.807) is 6.20 Å². The average Bonchev–Trinajstić information content (AvgIpc) is 3.25. The molecule has 1 aromatic carbocycles. The second-order valence-corrected chi connectivity index (χ2v) is 7.64. The van der Waals surface area contributed by atoms with Crippen molar-refractivity contribution in [3.8, 4) is 5.69 Å². The van der Waals surface area contributed by atoms with Gasteiger partial charge < -0.3 is 11.1 Å². The standard InChI is InChI=1S/C19H19BrN6O2/c20-12-4-3-5-14(8-12)26-16-7-2-1-6-15(16)18(24-26)19(28)23-13-9-22-25(10-13)11-17(21)27/h3-5,8-10H,1-2,6-7,11H2,(H2,21,27)(H,23,28). The average molecular weight is 443 g/mol. The minimum absolute atomic E-state index is 0.0389. The Morgan fingerprint density at radius 2 is 2.07 bits per heavy atom. The van der Waals surface area contributed by atoms with Crippen LogP contribution in [0.1, 0.15) is 34.6 Å². The molecule has 2 heterocycles. The highest BCUT2D eigenvalue weighted by atomic mass is 79.9. The van der Waals surface area contributed by atoms with Crippen molar-refractivity contribution < 1.29 is 9.59 Å². The van der Waals surface area contributed by atoms with E-state index in [4.69, 9.17) is 5.73 Å². The molecule has 0 saturated carbocycles. The van der Waals surface area contributed by atoms with Gasteiger partial charge in [-0.2, -0.15) is 10.2 Å². The lowest BCUT2D eigenvalue weighted by atomic mass is 9.95. The molecule has 0 atom stereocenters. The summed E-state index contributed by atoms with van der Waals surface area (Å²) < 4.78 is 4.20. The molecule has 4 rings (SSSR count). The topological polar surface area (TPSA) is 108 Å². The van der Waals surface area contributed by atoms with Crippen molar-refractivity contribution in [3.63, 3.8) is 0 Å². The highest BCUT2D eigenvalue weighted by Crippen LogP contribution is 2.28. The summed E-state index contributed by atoms with van der Waals surface area (Å²) >= 11 is 3.49. The number of aromatic nitrogens is 4. The highest BCUT2D eigenvalue weighted by Gasteiger charge is 2.26. The molecule has 2 amide bonds. The van der Waals surface area contributed by atoms with Gasteiger partial charge in [0.25, 0.3) is 5.91 Å². The van der Waals surface area contributed by atoms with Gasteiger partial charge >= 0.3 is 0 Å². The van der Waals surface area contributed by atoms with E-state index < -0.39 is 5.91 Å².